The van der Waals surface area contributed by atoms with Gasteiger partial charge >= 0.3 is 12.1 Å². The Morgan fingerprint density at radius 1 is 0.946 bits per heavy atom. The highest BCUT2D eigenvalue weighted by Gasteiger charge is 2.38. The molecule has 0 unspecified atom stereocenters. The fourth-order valence-electron chi connectivity index (χ4n) is 2.77. The van der Waals surface area contributed by atoms with Gasteiger partial charge in [-0.05, 0) is 55.6 Å². The molecular weight excluding hydrogens is 515 g/mol. The van der Waals surface area contributed by atoms with Crippen molar-refractivity contribution < 1.29 is 31.5 Å². The second-order valence-electron chi connectivity index (χ2n) is 7.07. The lowest BCUT2D eigenvalue weighted by Crippen LogP contribution is -2.21. The maximum atomic E-state index is 12.0. The lowest BCUT2D eigenvalue weighted by atomic mass is 10.3. The van der Waals surface area contributed by atoms with Crippen LogP contribution in [0.5, 0.6) is 0 Å². The number of rotatable bonds is 7. The zero-order chi connectivity index (χ0) is 27.1. The van der Waals surface area contributed by atoms with Crippen LogP contribution >= 0.6 is 0 Å². The third-order valence-corrected chi connectivity index (χ3v) is 5.92. The summed E-state index contributed by atoms with van der Waals surface area (Å²) in [6.45, 7) is 0. The summed E-state index contributed by atoms with van der Waals surface area (Å²) in [6.07, 6.45) is -0.0516. The van der Waals surface area contributed by atoms with E-state index in [0.29, 0.717) is 17.3 Å². The number of carbonyl (C=O) groups is 1. The van der Waals surface area contributed by atoms with Gasteiger partial charge in [-0.1, -0.05) is 6.07 Å². The molecule has 0 saturated heterocycles. The van der Waals surface area contributed by atoms with Crippen molar-refractivity contribution in [2.45, 2.75) is 11.1 Å². The van der Waals surface area contributed by atoms with E-state index in [1.54, 1.807) is 29.1 Å². The normalized spacial score (nSPS) is 11.2. The average Bonchev–Trinajstić information content (AvgIpc) is 3.40. The van der Waals surface area contributed by atoms with Gasteiger partial charge in [0.15, 0.2) is 0 Å². The monoisotopic (exact) mass is 535 g/mol. The molecule has 0 radical (unpaired) electrons. The molecule has 11 nitrogen and oxygen atoms in total. The number of hydrogen-bond acceptors (Lipinski definition) is 8. The van der Waals surface area contributed by atoms with Crippen LogP contribution < -0.4 is 15.4 Å². The number of hydrogen-bond donors (Lipinski definition) is 4. The van der Waals surface area contributed by atoms with Crippen molar-refractivity contribution in [1.82, 2.24) is 24.5 Å². The number of nitrogens with one attached hydrogen (secondary N) is 3. The topological polar surface area (TPSA) is 151 Å². The Bertz CT molecular complexity index is 1450. The first-order valence-electron chi connectivity index (χ1n) is 10.3. The van der Waals surface area contributed by atoms with E-state index in [1.807, 2.05) is 36.5 Å². The molecule has 2 aromatic carbocycles. The van der Waals surface area contributed by atoms with Crippen molar-refractivity contribution in [2.24, 2.45) is 0 Å². The summed E-state index contributed by atoms with van der Waals surface area (Å²) in [5.74, 6) is -1.63. The molecule has 37 heavy (non-hydrogen) atoms. The van der Waals surface area contributed by atoms with Gasteiger partial charge < -0.3 is 15.7 Å². The van der Waals surface area contributed by atoms with Crippen LogP contribution in [0.15, 0.2) is 84.3 Å². The largest absolute Gasteiger partial charge is 0.490 e. The first-order chi connectivity index (χ1) is 17.5. The molecule has 2 heterocycles. The number of anilines is 4. The third kappa shape index (κ3) is 7.74. The summed E-state index contributed by atoms with van der Waals surface area (Å²) >= 11 is 0. The highest BCUT2D eigenvalue weighted by molar-refractivity contribution is 7.89. The maximum Gasteiger partial charge on any atom is 0.490 e. The van der Waals surface area contributed by atoms with Crippen molar-refractivity contribution in [1.29, 1.82) is 0 Å². The van der Waals surface area contributed by atoms with E-state index in [0.717, 1.165) is 11.4 Å². The zero-order valence-corrected chi connectivity index (χ0v) is 19.8. The van der Waals surface area contributed by atoms with Crippen molar-refractivity contribution in [2.75, 3.05) is 17.7 Å². The molecule has 0 aliphatic rings. The van der Waals surface area contributed by atoms with Crippen molar-refractivity contribution in [3.63, 3.8) is 0 Å². The van der Waals surface area contributed by atoms with Gasteiger partial charge in [0.1, 0.15) is 18.0 Å². The third-order valence-electron chi connectivity index (χ3n) is 4.50. The molecule has 0 spiro atoms. The number of aliphatic carboxylic acids is 1. The van der Waals surface area contributed by atoms with Gasteiger partial charge in [-0.3, -0.25) is 0 Å². The van der Waals surface area contributed by atoms with E-state index in [9.17, 15) is 21.6 Å². The average molecular weight is 536 g/mol. The molecule has 0 saturated carbocycles. The van der Waals surface area contributed by atoms with Gasteiger partial charge in [0.2, 0.25) is 10.0 Å². The standard InChI is InChI=1S/C20H19N7O2S.C2HF3O2/c1-21-30(28,29)18-5-2-4-16(12-18)26-20-13-19(22-14-23-20)25-15-6-8-17(9-7-15)27-11-3-10-24-27;3-2(4,5)1(6)7/h2-14,21H,1H3,(H2,22,23,25,26);(H,6,7). The minimum absolute atomic E-state index is 0.166. The smallest absolute Gasteiger partial charge is 0.475 e. The van der Waals surface area contributed by atoms with Gasteiger partial charge in [0.05, 0.1) is 10.6 Å². The summed E-state index contributed by atoms with van der Waals surface area (Å²) in [6, 6.07) is 17.8. The fraction of sp³-hybridized carbons (Fsp3) is 0.0909. The highest BCUT2D eigenvalue weighted by atomic mass is 32.2. The molecule has 0 bridgehead atoms. The molecule has 0 aliphatic heterocycles. The number of sulfonamides is 1. The van der Waals surface area contributed by atoms with Crippen LogP contribution in [0.4, 0.5) is 36.2 Å². The Hall–Kier alpha value is -4.50. The molecule has 0 aliphatic carbocycles. The minimum Gasteiger partial charge on any atom is -0.475 e. The quantitative estimate of drug-likeness (QED) is 0.278. The summed E-state index contributed by atoms with van der Waals surface area (Å²) < 4.78 is 59.8. The number of nitrogens with zero attached hydrogens (tertiary/aromatic N) is 4. The lowest BCUT2D eigenvalue weighted by molar-refractivity contribution is -0.192. The molecule has 4 N–H and O–H groups in total. The molecular formula is C22H20F3N7O4S. The Morgan fingerprint density at radius 3 is 2.11 bits per heavy atom. The molecule has 15 heteroatoms. The van der Waals surface area contributed by atoms with Crippen LogP contribution in [0.1, 0.15) is 0 Å². The van der Waals surface area contributed by atoms with Gasteiger partial charge in [-0.25, -0.2) is 32.6 Å². The Kier molecular flexibility index (Phi) is 8.41. The number of carboxylic acid groups (broad SMARTS) is 1. The van der Waals surface area contributed by atoms with Crippen LogP contribution in [-0.2, 0) is 14.8 Å². The molecule has 194 valence electrons. The highest BCUT2D eigenvalue weighted by Crippen LogP contribution is 2.22. The lowest BCUT2D eigenvalue weighted by Gasteiger charge is -2.10. The predicted octanol–water partition coefficient (Wildman–Crippen LogP) is 3.69. The fourth-order valence-corrected chi connectivity index (χ4v) is 3.54. The SMILES string of the molecule is CNS(=O)(=O)c1cccc(Nc2cc(Nc3ccc(-n4cccn4)cc3)ncn2)c1.O=C(O)C(F)(F)F. The van der Waals surface area contributed by atoms with Crippen LogP contribution in [-0.4, -0.2) is 52.5 Å². The van der Waals surface area contributed by atoms with Crippen molar-refractivity contribution >= 4 is 39.0 Å². The van der Waals surface area contributed by atoms with Gasteiger partial charge in [0.25, 0.3) is 0 Å². The number of alkyl halides is 3. The molecule has 4 rings (SSSR count). The summed E-state index contributed by atoms with van der Waals surface area (Å²) in [5, 5.41) is 17.6. The predicted molar refractivity (Wildman–Crippen MR) is 129 cm³/mol. The van der Waals surface area contributed by atoms with Crippen LogP contribution in [0.2, 0.25) is 0 Å². The Balaban J connectivity index is 0.000000479. The van der Waals surface area contributed by atoms with Gasteiger partial charge in [-0.2, -0.15) is 18.3 Å². The number of halogens is 3. The van der Waals surface area contributed by atoms with Gasteiger partial charge in [0, 0.05) is 29.8 Å². The number of aromatic nitrogens is 4. The maximum absolute atomic E-state index is 12.0. The molecule has 4 aromatic rings. The van der Waals surface area contributed by atoms with E-state index < -0.39 is 22.2 Å². The summed E-state index contributed by atoms with van der Waals surface area (Å²) in [4.78, 5) is 17.5. The first-order valence-corrected chi connectivity index (χ1v) is 11.8. The summed E-state index contributed by atoms with van der Waals surface area (Å²) in [5.41, 5.74) is 2.41. The van der Waals surface area contributed by atoms with E-state index in [-0.39, 0.29) is 4.90 Å². The Morgan fingerprint density at radius 2 is 1.57 bits per heavy atom. The van der Waals surface area contributed by atoms with Crippen molar-refractivity contribution in [3.05, 3.63) is 79.4 Å². The Labute approximate surface area is 209 Å². The van der Waals surface area contributed by atoms with Crippen LogP contribution in [0, 0.1) is 0 Å². The minimum atomic E-state index is -5.08. The second-order valence-corrected chi connectivity index (χ2v) is 8.96. The molecule has 0 atom stereocenters. The first kappa shape index (κ1) is 27.1. The van der Waals surface area contributed by atoms with Crippen LogP contribution in [0.3, 0.4) is 0 Å². The molecule has 2 aromatic heterocycles. The van der Waals surface area contributed by atoms with E-state index in [4.69, 9.17) is 9.90 Å². The molecule has 0 fully saturated rings. The van der Waals surface area contributed by atoms with Crippen molar-refractivity contribution in [3.8, 4) is 5.69 Å². The number of benzene rings is 2. The second kappa shape index (κ2) is 11.5. The molecule has 0 amide bonds. The van der Waals surface area contributed by atoms with E-state index >= 15 is 0 Å². The summed E-state index contributed by atoms with van der Waals surface area (Å²) in [7, 11) is -2.15. The van der Waals surface area contributed by atoms with E-state index in [1.165, 1.54) is 25.5 Å². The number of carboxylic acids is 1. The van der Waals surface area contributed by atoms with E-state index in [2.05, 4.69) is 30.4 Å². The zero-order valence-electron chi connectivity index (χ0n) is 19.0. The van der Waals surface area contributed by atoms with Gasteiger partial charge in [-0.15, -0.1) is 0 Å². The van der Waals surface area contributed by atoms with Crippen LogP contribution in [0.25, 0.3) is 5.69 Å².